The van der Waals surface area contributed by atoms with Crippen LogP contribution < -0.4 is 15.5 Å². The van der Waals surface area contributed by atoms with Gasteiger partial charge in [0.1, 0.15) is 0 Å². The summed E-state index contributed by atoms with van der Waals surface area (Å²) >= 11 is 0. The number of piperazine rings is 1. The zero-order valence-electron chi connectivity index (χ0n) is 21.5. The van der Waals surface area contributed by atoms with Crippen molar-refractivity contribution in [2.45, 2.75) is 32.7 Å². The summed E-state index contributed by atoms with van der Waals surface area (Å²) in [4.78, 5) is 29.6. The molecule has 1 heterocycles. The molecule has 0 bridgehead atoms. The van der Waals surface area contributed by atoms with Crippen LogP contribution >= 0.6 is 0 Å². The Hall–Kier alpha value is -3.64. The molecule has 188 valence electrons. The van der Waals surface area contributed by atoms with E-state index in [1.54, 1.807) is 12.1 Å². The average molecular weight is 485 g/mol. The van der Waals surface area contributed by atoms with E-state index in [-0.39, 0.29) is 23.8 Å². The van der Waals surface area contributed by atoms with Gasteiger partial charge in [-0.15, -0.1) is 0 Å². The molecule has 6 nitrogen and oxygen atoms in total. The molecule has 2 amide bonds. The number of nitrogens with zero attached hydrogens (tertiary/aromatic N) is 2. The van der Waals surface area contributed by atoms with Gasteiger partial charge in [-0.2, -0.15) is 0 Å². The fourth-order valence-electron chi connectivity index (χ4n) is 4.35. The van der Waals surface area contributed by atoms with Crippen LogP contribution in [0.1, 0.15) is 42.3 Å². The van der Waals surface area contributed by atoms with Crippen LogP contribution in [0.25, 0.3) is 0 Å². The van der Waals surface area contributed by atoms with Gasteiger partial charge in [-0.3, -0.25) is 14.5 Å². The van der Waals surface area contributed by atoms with Crippen LogP contribution in [0.5, 0.6) is 0 Å². The van der Waals surface area contributed by atoms with Gasteiger partial charge in [0.25, 0.3) is 5.91 Å². The van der Waals surface area contributed by atoms with Crippen molar-refractivity contribution in [2.24, 2.45) is 0 Å². The van der Waals surface area contributed by atoms with Gasteiger partial charge in [0.2, 0.25) is 5.91 Å². The lowest BCUT2D eigenvalue weighted by Crippen LogP contribution is -2.45. The Morgan fingerprint density at radius 2 is 1.44 bits per heavy atom. The van der Waals surface area contributed by atoms with Crippen LogP contribution in [0.15, 0.2) is 78.9 Å². The first-order valence-corrected chi connectivity index (χ1v) is 12.6. The molecule has 1 saturated heterocycles. The van der Waals surface area contributed by atoms with Crippen LogP contribution in [0.4, 0.5) is 11.4 Å². The van der Waals surface area contributed by atoms with Gasteiger partial charge in [0.05, 0.1) is 6.54 Å². The maximum absolute atomic E-state index is 12.4. The van der Waals surface area contributed by atoms with Crippen molar-refractivity contribution >= 4 is 23.2 Å². The van der Waals surface area contributed by atoms with Gasteiger partial charge < -0.3 is 15.5 Å². The number of carbonyl (C=O) groups excluding carboxylic acids is 2. The second kappa shape index (κ2) is 11.4. The minimum absolute atomic E-state index is 0.0289. The Morgan fingerprint density at radius 1 is 0.806 bits per heavy atom. The number of benzene rings is 3. The Kier molecular flexibility index (Phi) is 8.06. The molecule has 4 rings (SSSR count). The van der Waals surface area contributed by atoms with Crippen molar-refractivity contribution in [3.63, 3.8) is 0 Å². The van der Waals surface area contributed by atoms with Gasteiger partial charge in [-0.1, -0.05) is 63.2 Å². The standard InChI is InChI=1S/C30H36N4O2/c1-30(2,3)25-11-9-24(10-12-25)29(36)31-21-28(35)32-26-13-15-27(16-14-26)34-19-17-33(18-20-34)22-23-7-5-4-6-8-23/h4-16H,17-22H2,1-3H3,(H,31,36)(H,32,35). The summed E-state index contributed by atoms with van der Waals surface area (Å²) in [5.74, 6) is -0.510. The van der Waals surface area contributed by atoms with Gasteiger partial charge >= 0.3 is 0 Å². The van der Waals surface area contributed by atoms with E-state index in [0.29, 0.717) is 5.56 Å². The summed E-state index contributed by atoms with van der Waals surface area (Å²) in [6, 6.07) is 26.0. The predicted molar refractivity (Wildman–Crippen MR) is 146 cm³/mol. The van der Waals surface area contributed by atoms with Crippen LogP contribution in [0.3, 0.4) is 0 Å². The molecule has 0 saturated carbocycles. The molecule has 0 aliphatic carbocycles. The number of rotatable bonds is 7. The van der Waals surface area contributed by atoms with Gasteiger partial charge in [0.15, 0.2) is 0 Å². The van der Waals surface area contributed by atoms with Crippen LogP contribution in [0.2, 0.25) is 0 Å². The third kappa shape index (κ3) is 6.95. The minimum atomic E-state index is -0.257. The van der Waals surface area contributed by atoms with E-state index in [0.717, 1.165) is 49.7 Å². The topological polar surface area (TPSA) is 64.7 Å². The molecule has 1 fully saturated rings. The molecular weight excluding hydrogens is 448 g/mol. The molecular formula is C30H36N4O2. The monoisotopic (exact) mass is 484 g/mol. The van der Waals surface area contributed by atoms with Gasteiger partial charge in [0, 0.05) is 49.7 Å². The Morgan fingerprint density at radius 3 is 2.06 bits per heavy atom. The van der Waals surface area contributed by atoms with Crippen LogP contribution in [-0.4, -0.2) is 49.4 Å². The van der Waals surface area contributed by atoms with Gasteiger partial charge in [-0.05, 0) is 52.9 Å². The van der Waals surface area contributed by atoms with Gasteiger partial charge in [-0.25, -0.2) is 0 Å². The fourth-order valence-corrected chi connectivity index (χ4v) is 4.35. The Bertz CT molecular complexity index is 1140. The zero-order valence-corrected chi connectivity index (χ0v) is 21.5. The summed E-state index contributed by atoms with van der Waals surface area (Å²) in [6.45, 7) is 11.3. The molecule has 36 heavy (non-hydrogen) atoms. The number of nitrogens with one attached hydrogen (secondary N) is 2. The molecule has 0 unspecified atom stereocenters. The number of hydrogen-bond acceptors (Lipinski definition) is 4. The summed E-state index contributed by atoms with van der Waals surface area (Å²) in [6.07, 6.45) is 0. The molecule has 0 aromatic heterocycles. The summed E-state index contributed by atoms with van der Waals surface area (Å²) in [5, 5.41) is 5.56. The van der Waals surface area contributed by atoms with E-state index in [1.165, 1.54) is 5.56 Å². The molecule has 3 aromatic rings. The molecule has 0 spiro atoms. The quantitative estimate of drug-likeness (QED) is 0.511. The highest BCUT2D eigenvalue weighted by atomic mass is 16.2. The number of anilines is 2. The highest BCUT2D eigenvalue weighted by Crippen LogP contribution is 2.22. The van der Waals surface area contributed by atoms with Crippen molar-refractivity contribution in [2.75, 3.05) is 42.9 Å². The number of hydrogen-bond donors (Lipinski definition) is 2. The fraction of sp³-hybridized carbons (Fsp3) is 0.333. The number of amides is 2. The summed E-state index contributed by atoms with van der Waals surface area (Å²) < 4.78 is 0. The summed E-state index contributed by atoms with van der Waals surface area (Å²) in [5.41, 5.74) is 4.95. The lowest BCUT2D eigenvalue weighted by atomic mass is 9.87. The van der Waals surface area contributed by atoms with E-state index < -0.39 is 0 Å². The molecule has 1 aliphatic heterocycles. The van der Waals surface area contributed by atoms with Crippen molar-refractivity contribution in [1.29, 1.82) is 0 Å². The second-order valence-electron chi connectivity index (χ2n) is 10.4. The second-order valence-corrected chi connectivity index (χ2v) is 10.4. The third-order valence-electron chi connectivity index (χ3n) is 6.56. The molecule has 6 heteroatoms. The smallest absolute Gasteiger partial charge is 0.251 e. The first-order chi connectivity index (χ1) is 17.3. The maximum Gasteiger partial charge on any atom is 0.251 e. The maximum atomic E-state index is 12.4. The zero-order chi connectivity index (χ0) is 25.5. The molecule has 0 radical (unpaired) electrons. The first kappa shape index (κ1) is 25.5. The van der Waals surface area contributed by atoms with Crippen molar-refractivity contribution in [3.8, 4) is 0 Å². The summed E-state index contributed by atoms with van der Waals surface area (Å²) in [7, 11) is 0. The lowest BCUT2D eigenvalue weighted by Gasteiger charge is -2.36. The molecule has 3 aromatic carbocycles. The SMILES string of the molecule is CC(C)(C)c1ccc(C(=O)NCC(=O)Nc2ccc(N3CCN(Cc4ccccc4)CC3)cc2)cc1. The van der Waals surface area contributed by atoms with Crippen LogP contribution in [0, 0.1) is 0 Å². The van der Waals surface area contributed by atoms with E-state index in [4.69, 9.17) is 0 Å². The van der Waals surface area contributed by atoms with Crippen molar-refractivity contribution < 1.29 is 9.59 Å². The molecule has 2 N–H and O–H groups in total. The van der Waals surface area contributed by atoms with E-state index in [2.05, 4.69) is 71.5 Å². The first-order valence-electron chi connectivity index (χ1n) is 12.6. The minimum Gasteiger partial charge on any atom is -0.369 e. The van der Waals surface area contributed by atoms with E-state index in [9.17, 15) is 9.59 Å². The largest absolute Gasteiger partial charge is 0.369 e. The predicted octanol–water partition coefficient (Wildman–Crippen LogP) is 4.67. The lowest BCUT2D eigenvalue weighted by molar-refractivity contribution is -0.115. The Balaban J connectivity index is 1.21. The highest BCUT2D eigenvalue weighted by Gasteiger charge is 2.18. The normalized spacial score (nSPS) is 14.4. The van der Waals surface area contributed by atoms with E-state index >= 15 is 0 Å². The van der Waals surface area contributed by atoms with E-state index in [1.807, 2.05) is 36.4 Å². The highest BCUT2D eigenvalue weighted by molar-refractivity contribution is 5.99. The third-order valence-corrected chi connectivity index (χ3v) is 6.56. The molecule has 1 aliphatic rings. The Labute approximate surface area is 214 Å². The average Bonchev–Trinajstić information content (AvgIpc) is 2.88. The number of carbonyl (C=O) groups is 2. The molecule has 0 atom stereocenters. The van der Waals surface area contributed by atoms with Crippen molar-refractivity contribution in [3.05, 3.63) is 95.6 Å². The van der Waals surface area contributed by atoms with Crippen LogP contribution in [-0.2, 0) is 16.8 Å². The van der Waals surface area contributed by atoms with Crippen molar-refractivity contribution in [1.82, 2.24) is 10.2 Å².